The lowest BCUT2D eigenvalue weighted by Crippen LogP contribution is -2.41. The monoisotopic (exact) mass is 262 g/mol. The summed E-state index contributed by atoms with van der Waals surface area (Å²) in [6, 6.07) is 5.69. The number of aryl methyl sites for hydroxylation is 1. The number of amides is 1. The minimum atomic E-state index is -0.0857. The van der Waals surface area contributed by atoms with Gasteiger partial charge in [0, 0.05) is 19.1 Å². The number of nitrogens with one attached hydrogen (secondary N) is 1. The number of phenols is 1. The summed E-state index contributed by atoms with van der Waals surface area (Å²) in [5.41, 5.74) is 1.14. The van der Waals surface area contributed by atoms with Gasteiger partial charge in [-0.15, -0.1) is 0 Å². The minimum absolute atomic E-state index is 0.0857. The topological polar surface area (TPSA) is 52.6 Å². The summed E-state index contributed by atoms with van der Waals surface area (Å²) in [5.74, 6) is 0.0164. The Bertz CT molecular complexity index is 453. The van der Waals surface area contributed by atoms with E-state index in [1.165, 1.54) is 6.42 Å². The van der Waals surface area contributed by atoms with Crippen molar-refractivity contribution in [3.63, 3.8) is 0 Å². The molecule has 104 valence electrons. The van der Waals surface area contributed by atoms with Crippen LogP contribution >= 0.6 is 0 Å². The Morgan fingerprint density at radius 3 is 2.95 bits per heavy atom. The quantitative estimate of drug-likeness (QED) is 0.871. The van der Waals surface area contributed by atoms with Crippen molar-refractivity contribution in [3.8, 4) is 5.75 Å². The number of hydrogen-bond acceptors (Lipinski definition) is 3. The summed E-state index contributed by atoms with van der Waals surface area (Å²) in [5, 5.41) is 13.4. The molecule has 0 saturated carbocycles. The molecular formula is C15H22N2O2. The van der Waals surface area contributed by atoms with Gasteiger partial charge in [-0.3, -0.25) is 4.79 Å². The number of likely N-dealkylation sites (N-methyl/N-ethyl adjacent to an activating group) is 1. The lowest BCUT2D eigenvalue weighted by atomic mass is 10.1. The van der Waals surface area contributed by atoms with E-state index in [2.05, 4.69) is 5.32 Å². The number of para-hydroxylation sites is 1. The lowest BCUT2D eigenvalue weighted by Gasteiger charge is -2.25. The van der Waals surface area contributed by atoms with E-state index in [0.29, 0.717) is 24.7 Å². The van der Waals surface area contributed by atoms with E-state index >= 15 is 0 Å². The van der Waals surface area contributed by atoms with E-state index in [1.807, 2.05) is 13.0 Å². The first kappa shape index (κ1) is 13.9. The van der Waals surface area contributed by atoms with Gasteiger partial charge in [-0.1, -0.05) is 12.1 Å². The molecule has 1 saturated heterocycles. The van der Waals surface area contributed by atoms with Crippen LogP contribution in [0.25, 0.3) is 0 Å². The van der Waals surface area contributed by atoms with Gasteiger partial charge in [0.2, 0.25) is 0 Å². The maximum absolute atomic E-state index is 12.5. The van der Waals surface area contributed by atoms with Gasteiger partial charge >= 0.3 is 0 Å². The highest BCUT2D eigenvalue weighted by Crippen LogP contribution is 2.23. The number of hydrogen-bond donors (Lipinski definition) is 2. The summed E-state index contributed by atoms with van der Waals surface area (Å²) in [6.07, 6.45) is 2.29. The molecule has 0 bridgehead atoms. The highest BCUT2D eigenvalue weighted by atomic mass is 16.3. The Morgan fingerprint density at radius 2 is 2.32 bits per heavy atom. The second-order valence-electron chi connectivity index (χ2n) is 5.11. The molecule has 1 aromatic rings. The van der Waals surface area contributed by atoms with Crippen LogP contribution in [0.3, 0.4) is 0 Å². The van der Waals surface area contributed by atoms with E-state index in [4.69, 9.17) is 0 Å². The second kappa shape index (κ2) is 6.06. The molecule has 0 radical (unpaired) electrons. The third-order valence-electron chi connectivity index (χ3n) is 3.74. The Morgan fingerprint density at radius 1 is 1.53 bits per heavy atom. The van der Waals surface area contributed by atoms with Crippen molar-refractivity contribution in [3.05, 3.63) is 29.3 Å². The molecule has 1 amide bonds. The second-order valence-corrected chi connectivity index (χ2v) is 5.11. The molecule has 1 aliphatic rings. The first-order valence-corrected chi connectivity index (χ1v) is 6.94. The Balaban J connectivity index is 2.13. The first-order chi connectivity index (χ1) is 9.13. The molecule has 1 fully saturated rings. The van der Waals surface area contributed by atoms with Crippen LogP contribution in [0.4, 0.5) is 0 Å². The van der Waals surface area contributed by atoms with Crippen LogP contribution < -0.4 is 5.32 Å². The van der Waals surface area contributed by atoms with Gasteiger partial charge in [0.05, 0.1) is 5.56 Å². The number of rotatable bonds is 4. The van der Waals surface area contributed by atoms with Crippen LogP contribution in [0, 0.1) is 6.92 Å². The predicted molar refractivity (Wildman–Crippen MR) is 75.4 cm³/mol. The zero-order valence-electron chi connectivity index (χ0n) is 11.6. The standard InChI is InChI=1S/C15H22N2O2/c1-3-17(10-12-7-5-9-16-12)15(19)13-8-4-6-11(2)14(13)18/h4,6,8,12,16,18H,3,5,7,9-10H2,1-2H3. The largest absolute Gasteiger partial charge is 0.507 e. The van der Waals surface area contributed by atoms with Gasteiger partial charge in [-0.25, -0.2) is 0 Å². The minimum Gasteiger partial charge on any atom is -0.507 e. The molecule has 1 aliphatic heterocycles. The average molecular weight is 262 g/mol. The van der Waals surface area contributed by atoms with Gasteiger partial charge in [0.15, 0.2) is 0 Å². The van der Waals surface area contributed by atoms with Crippen molar-refractivity contribution in [1.82, 2.24) is 10.2 Å². The van der Waals surface area contributed by atoms with Crippen molar-refractivity contribution >= 4 is 5.91 Å². The Labute approximate surface area is 114 Å². The molecule has 1 atom stereocenters. The molecule has 1 aromatic carbocycles. The molecule has 2 N–H and O–H groups in total. The number of carbonyl (C=O) groups excluding carboxylic acids is 1. The summed E-state index contributed by atoms with van der Waals surface area (Å²) < 4.78 is 0. The van der Waals surface area contributed by atoms with Crippen LogP contribution in [0.1, 0.15) is 35.7 Å². The summed E-state index contributed by atoms with van der Waals surface area (Å²) in [7, 11) is 0. The fourth-order valence-corrected chi connectivity index (χ4v) is 2.54. The van der Waals surface area contributed by atoms with Crippen molar-refractivity contribution in [2.45, 2.75) is 32.7 Å². The van der Waals surface area contributed by atoms with E-state index in [1.54, 1.807) is 24.0 Å². The van der Waals surface area contributed by atoms with Crippen molar-refractivity contribution in [2.24, 2.45) is 0 Å². The molecule has 1 heterocycles. The molecule has 19 heavy (non-hydrogen) atoms. The third kappa shape index (κ3) is 3.07. The van der Waals surface area contributed by atoms with Gasteiger partial charge in [0.25, 0.3) is 5.91 Å². The van der Waals surface area contributed by atoms with E-state index in [-0.39, 0.29) is 11.7 Å². The Hall–Kier alpha value is -1.55. The smallest absolute Gasteiger partial charge is 0.257 e. The van der Waals surface area contributed by atoms with Gasteiger partial charge in [-0.2, -0.15) is 0 Å². The molecule has 0 aliphatic carbocycles. The maximum Gasteiger partial charge on any atom is 0.257 e. The van der Waals surface area contributed by atoms with E-state index in [0.717, 1.165) is 18.5 Å². The highest BCUT2D eigenvalue weighted by molar-refractivity contribution is 5.97. The fraction of sp³-hybridized carbons (Fsp3) is 0.533. The lowest BCUT2D eigenvalue weighted by molar-refractivity contribution is 0.0748. The highest BCUT2D eigenvalue weighted by Gasteiger charge is 2.23. The number of carbonyl (C=O) groups is 1. The van der Waals surface area contributed by atoms with E-state index < -0.39 is 0 Å². The fourth-order valence-electron chi connectivity index (χ4n) is 2.54. The molecule has 0 spiro atoms. The molecule has 1 unspecified atom stereocenters. The zero-order valence-corrected chi connectivity index (χ0v) is 11.6. The van der Waals surface area contributed by atoms with Gasteiger partial charge < -0.3 is 15.3 Å². The van der Waals surface area contributed by atoms with E-state index in [9.17, 15) is 9.90 Å². The van der Waals surface area contributed by atoms with Crippen molar-refractivity contribution < 1.29 is 9.90 Å². The zero-order chi connectivity index (χ0) is 13.8. The normalized spacial score (nSPS) is 18.5. The summed E-state index contributed by atoms with van der Waals surface area (Å²) >= 11 is 0. The van der Waals surface area contributed by atoms with Gasteiger partial charge in [0.1, 0.15) is 5.75 Å². The summed E-state index contributed by atoms with van der Waals surface area (Å²) in [4.78, 5) is 14.3. The van der Waals surface area contributed by atoms with Crippen LogP contribution in [-0.2, 0) is 0 Å². The number of benzene rings is 1. The van der Waals surface area contributed by atoms with Gasteiger partial charge in [-0.05, 0) is 44.9 Å². The first-order valence-electron chi connectivity index (χ1n) is 6.94. The number of nitrogens with zero attached hydrogens (tertiary/aromatic N) is 1. The predicted octanol–water partition coefficient (Wildman–Crippen LogP) is 1.91. The number of phenolic OH excluding ortho intramolecular Hbond substituents is 1. The SMILES string of the molecule is CCN(CC1CCCN1)C(=O)c1cccc(C)c1O. The van der Waals surface area contributed by atoms with Crippen molar-refractivity contribution in [2.75, 3.05) is 19.6 Å². The molecule has 2 rings (SSSR count). The van der Waals surface area contributed by atoms with Crippen LogP contribution in [-0.4, -0.2) is 41.6 Å². The summed E-state index contributed by atoms with van der Waals surface area (Å²) in [6.45, 7) is 6.18. The molecule has 4 nitrogen and oxygen atoms in total. The maximum atomic E-state index is 12.5. The molecule has 0 aromatic heterocycles. The van der Waals surface area contributed by atoms with Crippen LogP contribution in [0.15, 0.2) is 18.2 Å². The van der Waals surface area contributed by atoms with Crippen LogP contribution in [0.2, 0.25) is 0 Å². The molecule has 4 heteroatoms. The number of aromatic hydroxyl groups is 1. The third-order valence-corrected chi connectivity index (χ3v) is 3.74. The van der Waals surface area contributed by atoms with Crippen molar-refractivity contribution in [1.29, 1.82) is 0 Å². The van der Waals surface area contributed by atoms with Crippen LogP contribution in [0.5, 0.6) is 5.75 Å². The molecular weight excluding hydrogens is 240 g/mol. The average Bonchev–Trinajstić information content (AvgIpc) is 2.91. The Kier molecular flexibility index (Phi) is 4.43.